The van der Waals surface area contributed by atoms with Crippen LogP contribution in [-0.4, -0.2) is 33.4 Å². The number of nitrogens with zero attached hydrogens (tertiary/aromatic N) is 2. The van der Waals surface area contributed by atoms with Gasteiger partial charge in [0.1, 0.15) is 11.8 Å². The number of anilines is 1. The molecule has 0 radical (unpaired) electrons. The van der Waals surface area contributed by atoms with Crippen molar-refractivity contribution in [2.45, 2.75) is 31.9 Å². The summed E-state index contributed by atoms with van der Waals surface area (Å²) in [4.78, 5) is 23.0. The van der Waals surface area contributed by atoms with E-state index in [1.807, 2.05) is 0 Å². The van der Waals surface area contributed by atoms with Gasteiger partial charge in [-0.1, -0.05) is 18.0 Å². The van der Waals surface area contributed by atoms with Crippen LogP contribution < -0.4 is 16.6 Å². The maximum absolute atomic E-state index is 12.2. The topological polar surface area (TPSA) is 110 Å². The summed E-state index contributed by atoms with van der Waals surface area (Å²) in [5, 5.41) is 16.1. The molecule has 1 saturated carbocycles. The molecule has 1 aliphatic carbocycles. The molecule has 1 aromatic heterocycles. The molecule has 1 atom stereocenters. The molecule has 0 saturated heterocycles. The Hall–Kier alpha value is -1.60. The molecule has 1 heterocycles. The van der Waals surface area contributed by atoms with E-state index in [9.17, 15) is 14.7 Å². The van der Waals surface area contributed by atoms with Crippen LogP contribution in [0.15, 0.2) is 11.0 Å². The van der Waals surface area contributed by atoms with Crippen LogP contribution in [0.5, 0.6) is 0 Å². The maximum Gasteiger partial charge on any atom is 0.291 e. The van der Waals surface area contributed by atoms with E-state index >= 15 is 0 Å². The Bertz CT molecular complexity index is 556. The minimum atomic E-state index is -1.38. The largest absolute Gasteiger partial charge is 0.381 e. The number of aliphatic hydroxyl groups is 1. The number of rotatable bonds is 6. The van der Waals surface area contributed by atoms with Crippen molar-refractivity contribution in [3.05, 3.63) is 21.6 Å². The van der Waals surface area contributed by atoms with Gasteiger partial charge < -0.3 is 16.2 Å². The first-order valence-electron chi connectivity index (χ1n) is 6.46. The summed E-state index contributed by atoms with van der Waals surface area (Å²) in [6.07, 6.45) is 3.38. The average Bonchev–Trinajstić information content (AvgIpc) is 2.35. The Morgan fingerprint density at radius 2 is 2.35 bits per heavy atom. The molecule has 1 aromatic rings. The van der Waals surface area contributed by atoms with Gasteiger partial charge in [-0.25, -0.2) is 4.68 Å². The van der Waals surface area contributed by atoms with Gasteiger partial charge in [-0.3, -0.25) is 9.59 Å². The number of aromatic nitrogens is 2. The van der Waals surface area contributed by atoms with Crippen molar-refractivity contribution in [3.63, 3.8) is 0 Å². The number of primary amides is 1. The number of hydrogen-bond donors (Lipinski definition) is 3. The van der Waals surface area contributed by atoms with Gasteiger partial charge in [0.25, 0.3) is 5.56 Å². The van der Waals surface area contributed by atoms with Crippen molar-refractivity contribution < 1.29 is 9.90 Å². The van der Waals surface area contributed by atoms with Gasteiger partial charge in [-0.15, -0.1) is 0 Å². The van der Waals surface area contributed by atoms with E-state index in [0.29, 0.717) is 12.5 Å². The van der Waals surface area contributed by atoms with Gasteiger partial charge in [0.2, 0.25) is 5.91 Å². The molecule has 0 spiro atoms. The van der Waals surface area contributed by atoms with Gasteiger partial charge >= 0.3 is 0 Å². The van der Waals surface area contributed by atoms with Gasteiger partial charge in [0.15, 0.2) is 0 Å². The molecule has 1 unspecified atom stereocenters. The second-order valence-corrected chi connectivity index (χ2v) is 5.36. The molecule has 20 heavy (non-hydrogen) atoms. The summed E-state index contributed by atoms with van der Waals surface area (Å²) < 4.78 is 1.36. The van der Waals surface area contributed by atoms with E-state index in [-0.39, 0.29) is 22.8 Å². The van der Waals surface area contributed by atoms with E-state index in [1.54, 1.807) is 0 Å². The number of carbonyl (C=O) groups is 1. The number of halogens is 1. The standard InChI is InChI=1S/C12H17ClN4O3/c13-8-4-16-17(6-7-2-1-3-7)12(20)10(8)15-5-9(18)11(14)19/h4,7,9,15,18H,1-3,5-6H2,(H2,14,19). The Morgan fingerprint density at radius 3 is 2.90 bits per heavy atom. The van der Waals surface area contributed by atoms with Crippen molar-refractivity contribution in [2.24, 2.45) is 11.7 Å². The van der Waals surface area contributed by atoms with Gasteiger partial charge in [-0.05, 0) is 18.8 Å². The number of hydrogen-bond acceptors (Lipinski definition) is 5. The molecule has 1 aliphatic rings. The summed E-state index contributed by atoms with van der Waals surface area (Å²) in [5.41, 5.74) is 4.71. The van der Waals surface area contributed by atoms with Crippen molar-refractivity contribution >= 4 is 23.2 Å². The maximum atomic E-state index is 12.2. The molecule has 1 amide bonds. The van der Waals surface area contributed by atoms with Crippen molar-refractivity contribution in [3.8, 4) is 0 Å². The van der Waals surface area contributed by atoms with Crippen molar-refractivity contribution in [2.75, 3.05) is 11.9 Å². The van der Waals surface area contributed by atoms with Crippen LogP contribution in [0.4, 0.5) is 5.69 Å². The SMILES string of the molecule is NC(=O)C(O)CNc1c(Cl)cnn(CC2CCC2)c1=O. The Balaban J connectivity index is 2.12. The van der Waals surface area contributed by atoms with Crippen LogP contribution in [0, 0.1) is 5.92 Å². The summed E-state index contributed by atoms with van der Waals surface area (Å²) in [7, 11) is 0. The minimum Gasteiger partial charge on any atom is -0.381 e. The highest BCUT2D eigenvalue weighted by Gasteiger charge is 2.20. The highest BCUT2D eigenvalue weighted by atomic mass is 35.5. The number of aliphatic hydroxyl groups excluding tert-OH is 1. The third-order valence-corrected chi connectivity index (χ3v) is 3.74. The fraction of sp³-hybridized carbons (Fsp3) is 0.583. The Kier molecular flexibility index (Phi) is 4.61. The Labute approximate surface area is 120 Å². The third-order valence-electron chi connectivity index (χ3n) is 3.45. The van der Waals surface area contributed by atoms with Gasteiger partial charge in [0, 0.05) is 6.54 Å². The number of carbonyl (C=O) groups excluding carboxylic acids is 1. The molecule has 0 aliphatic heterocycles. The number of nitrogens with one attached hydrogen (secondary N) is 1. The summed E-state index contributed by atoms with van der Waals surface area (Å²) in [6.45, 7) is 0.390. The van der Waals surface area contributed by atoms with E-state index in [4.69, 9.17) is 17.3 Å². The average molecular weight is 301 g/mol. The van der Waals surface area contributed by atoms with E-state index in [2.05, 4.69) is 10.4 Å². The zero-order valence-electron chi connectivity index (χ0n) is 10.9. The van der Waals surface area contributed by atoms with Gasteiger partial charge in [-0.2, -0.15) is 5.10 Å². The molecule has 0 bridgehead atoms. The van der Waals surface area contributed by atoms with E-state index < -0.39 is 12.0 Å². The monoisotopic (exact) mass is 300 g/mol. The molecular formula is C12H17ClN4O3. The van der Waals surface area contributed by atoms with E-state index in [0.717, 1.165) is 12.8 Å². The number of nitrogens with two attached hydrogens (primary N) is 1. The van der Waals surface area contributed by atoms with Crippen LogP contribution in [0.1, 0.15) is 19.3 Å². The predicted molar refractivity (Wildman–Crippen MR) is 74.5 cm³/mol. The van der Waals surface area contributed by atoms with Crippen molar-refractivity contribution in [1.82, 2.24) is 9.78 Å². The first-order valence-corrected chi connectivity index (χ1v) is 6.83. The number of amides is 1. The smallest absolute Gasteiger partial charge is 0.291 e. The van der Waals surface area contributed by atoms with E-state index in [1.165, 1.54) is 17.3 Å². The fourth-order valence-corrected chi connectivity index (χ4v) is 2.17. The molecule has 0 aromatic carbocycles. The van der Waals surface area contributed by atoms with Crippen LogP contribution in [0.2, 0.25) is 5.02 Å². The molecule has 110 valence electrons. The molecule has 1 fully saturated rings. The Morgan fingerprint density at radius 1 is 1.65 bits per heavy atom. The van der Waals surface area contributed by atoms with Crippen LogP contribution in [0.25, 0.3) is 0 Å². The molecule has 4 N–H and O–H groups in total. The van der Waals surface area contributed by atoms with Crippen LogP contribution in [-0.2, 0) is 11.3 Å². The van der Waals surface area contributed by atoms with Gasteiger partial charge in [0.05, 0.1) is 17.8 Å². The molecule has 2 rings (SSSR count). The van der Waals surface area contributed by atoms with Crippen LogP contribution in [0.3, 0.4) is 0 Å². The highest BCUT2D eigenvalue weighted by Crippen LogP contribution is 2.27. The normalized spacial score (nSPS) is 16.5. The second kappa shape index (κ2) is 6.23. The molecule has 8 heteroatoms. The third kappa shape index (κ3) is 3.29. The highest BCUT2D eigenvalue weighted by molar-refractivity contribution is 6.33. The van der Waals surface area contributed by atoms with Crippen LogP contribution >= 0.6 is 11.6 Å². The zero-order valence-corrected chi connectivity index (χ0v) is 11.6. The lowest BCUT2D eigenvalue weighted by atomic mass is 9.85. The first-order chi connectivity index (χ1) is 9.49. The fourth-order valence-electron chi connectivity index (χ4n) is 1.98. The molecule has 7 nitrogen and oxygen atoms in total. The minimum absolute atomic E-state index is 0.126. The molecular weight excluding hydrogens is 284 g/mol. The summed E-state index contributed by atoms with van der Waals surface area (Å²) in [5.74, 6) is -0.386. The summed E-state index contributed by atoms with van der Waals surface area (Å²) in [6, 6.07) is 0. The predicted octanol–water partition coefficient (Wildman–Crippen LogP) is -0.0451. The quantitative estimate of drug-likeness (QED) is 0.682. The zero-order chi connectivity index (χ0) is 14.7. The second-order valence-electron chi connectivity index (χ2n) is 4.95. The lowest BCUT2D eigenvalue weighted by Gasteiger charge is -2.25. The first kappa shape index (κ1) is 14.8. The lowest BCUT2D eigenvalue weighted by Crippen LogP contribution is -2.36. The summed E-state index contributed by atoms with van der Waals surface area (Å²) >= 11 is 5.91. The lowest BCUT2D eigenvalue weighted by molar-refractivity contribution is -0.125. The van der Waals surface area contributed by atoms with Crippen molar-refractivity contribution in [1.29, 1.82) is 0 Å².